The summed E-state index contributed by atoms with van der Waals surface area (Å²) in [6, 6.07) is 6.88. The molecule has 0 aliphatic rings. The highest BCUT2D eigenvalue weighted by Gasteiger charge is 2.19. The summed E-state index contributed by atoms with van der Waals surface area (Å²) in [7, 11) is 0. The average Bonchev–Trinajstić information content (AvgIpc) is 3.15. The first-order chi connectivity index (χ1) is 14.6. The quantitative estimate of drug-likeness (QED) is 0.296. The van der Waals surface area contributed by atoms with Crippen molar-refractivity contribution in [2.45, 2.75) is 31.9 Å². The Hall–Kier alpha value is -2.84. The fourth-order valence-electron chi connectivity index (χ4n) is 2.50. The second-order valence-corrected chi connectivity index (χ2v) is 9.94. The molecule has 2 amide bonds. The fraction of sp³-hybridized carbons (Fsp3) is 0.261. The number of hydrogen-bond acceptors (Lipinski definition) is 6. The van der Waals surface area contributed by atoms with Crippen molar-refractivity contribution in [3.8, 4) is 0 Å². The molecule has 31 heavy (non-hydrogen) atoms. The highest BCUT2D eigenvalue weighted by atomic mass is 32.2. The number of carbonyl (C=O) groups is 2. The smallest absolute Gasteiger partial charge is 0.257 e. The van der Waals surface area contributed by atoms with E-state index in [1.807, 2.05) is 13.0 Å². The van der Waals surface area contributed by atoms with Gasteiger partial charge in [-0.2, -0.15) is 0 Å². The van der Waals surface area contributed by atoms with Gasteiger partial charge in [0.15, 0.2) is 5.13 Å². The Morgan fingerprint density at radius 1 is 1.35 bits per heavy atom. The van der Waals surface area contributed by atoms with Crippen LogP contribution in [0.25, 0.3) is 6.08 Å². The van der Waals surface area contributed by atoms with E-state index in [1.54, 1.807) is 48.3 Å². The van der Waals surface area contributed by atoms with Gasteiger partial charge in [0.2, 0.25) is 5.91 Å². The Morgan fingerprint density at radius 3 is 2.74 bits per heavy atom. The van der Waals surface area contributed by atoms with Crippen molar-refractivity contribution in [2.75, 3.05) is 11.1 Å². The molecule has 2 aromatic rings. The zero-order chi connectivity index (χ0) is 23.0. The van der Waals surface area contributed by atoms with Crippen LogP contribution in [0, 0.1) is 5.41 Å². The first-order valence-electron chi connectivity index (χ1n) is 9.58. The van der Waals surface area contributed by atoms with E-state index < -0.39 is 5.91 Å². The minimum Gasteiger partial charge on any atom is -0.466 e. The molecule has 164 valence electrons. The van der Waals surface area contributed by atoms with Crippen molar-refractivity contribution < 1.29 is 14.3 Å². The highest BCUT2D eigenvalue weighted by molar-refractivity contribution is 8.01. The normalized spacial score (nSPS) is 12.1. The predicted molar refractivity (Wildman–Crippen MR) is 129 cm³/mol. The summed E-state index contributed by atoms with van der Waals surface area (Å²) < 4.78 is 6.83. The molecule has 0 bridgehead atoms. The van der Waals surface area contributed by atoms with E-state index in [4.69, 9.17) is 10.5 Å². The number of ether oxygens (including phenoxy) is 1. The van der Waals surface area contributed by atoms with Gasteiger partial charge in [0.05, 0.1) is 16.2 Å². The molecule has 3 N–H and O–H groups in total. The van der Waals surface area contributed by atoms with Crippen LogP contribution in [0.15, 0.2) is 64.9 Å². The van der Waals surface area contributed by atoms with Crippen LogP contribution >= 0.6 is 23.1 Å². The van der Waals surface area contributed by atoms with Gasteiger partial charge in [0.1, 0.15) is 11.5 Å². The van der Waals surface area contributed by atoms with Gasteiger partial charge in [-0.15, -0.1) is 11.8 Å². The maximum Gasteiger partial charge on any atom is 0.257 e. The maximum absolute atomic E-state index is 12.5. The van der Waals surface area contributed by atoms with E-state index in [1.165, 1.54) is 17.4 Å². The van der Waals surface area contributed by atoms with Crippen molar-refractivity contribution >= 4 is 46.1 Å². The van der Waals surface area contributed by atoms with Gasteiger partial charge in [0.25, 0.3) is 5.91 Å². The van der Waals surface area contributed by atoms with E-state index in [9.17, 15) is 9.59 Å². The summed E-state index contributed by atoms with van der Waals surface area (Å²) in [6.07, 6.45) is 6.48. The van der Waals surface area contributed by atoms with E-state index in [2.05, 4.69) is 37.7 Å². The van der Waals surface area contributed by atoms with Gasteiger partial charge in [-0.25, -0.2) is 4.98 Å². The number of thioether (sulfide) groups is 1. The van der Waals surface area contributed by atoms with Crippen LogP contribution in [-0.4, -0.2) is 22.6 Å². The van der Waals surface area contributed by atoms with E-state index in [0.717, 1.165) is 9.97 Å². The summed E-state index contributed by atoms with van der Waals surface area (Å²) >= 11 is 2.93. The summed E-state index contributed by atoms with van der Waals surface area (Å²) in [5.41, 5.74) is 6.18. The van der Waals surface area contributed by atoms with Gasteiger partial charge in [0, 0.05) is 17.1 Å². The Kier molecular flexibility index (Phi) is 8.65. The van der Waals surface area contributed by atoms with Gasteiger partial charge >= 0.3 is 0 Å². The third kappa shape index (κ3) is 8.07. The molecule has 0 aliphatic heterocycles. The van der Waals surface area contributed by atoms with Gasteiger partial charge in [-0.1, -0.05) is 50.8 Å². The van der Waals surface area contributed by atoms with Gasteiger partial charge in [-0.3, -0.25) is 14.9 Å². The number of thiazole rings is 1. The SMILES string of the molecule is C=C(CSc1cnc(NC(=O)c2cccc(/C=C/C(N)=O)c2)s1)O/C(=C\C)C(C)(C)C. The van der Waals surface area contributed by atoms with Crippen molar-refractivity contribution in [1.82, 2.24) is 4.98 Å². The fourth-order valence-corrected chi connectivity index (χ4v) is 4.18. The molecule has 0 fully saturated rings. The molecule has 0 unspecified atom stereocenters. The van der Waals surface area contributed by atoms with Crippen LogP contribution in [0.4, 0.5) is 5.13 Å². The zero-order valence-electron chi connectivity index (χ0n) is 18.1. The predicted octanol–water partition coefficient (Wildman–Crippen LogP) is 5.47. The Labute approximate surface area is 191 Å². The molecule has 8 heteroatoms. The summed E-state index contributed by atoms with van der Waals surface area (Å²) in [5, 5.41) is 3.30. The van der Waals surface area contributed by atoms with E-state index in [0.29, 0.717) is 27.8 Å². The second kappa shape index (κ2) is 11.0. The molecule has 0 saturated carbocycles. The second-order valence-electron chi connectivity index (χ2n) is 7.63. The molecular formula is C23H27N3O3S2. The van der Waals surface area contributed by atoms with E-state index >= 15 is 0 Å². The van der Waals surface area contributed by atoms with Crippen molar-refractivity contribution in [3.05, 3.63) is 71.8 Å². The van der Waals surface area contributed by atoms with Crippen LogP contribution in [0.3, 0.4) is 0 Å². The first kappa shape index (κ1) is 24.4. The summed E-state index contributed by atoms with van der Waals surface area (Å²) in [4.78, 5) is 27.7. The number of amides is 2. The number of allylic oxidation sites excluding steroid dienone is 2. The number of nitrogens with two attached hydrogens (primary N) is 1. The lowest BCUT2D eigenvalue weighted by Crippen LogP contribution is -2.12. The number of aromatic nitrogens is 1. The molecule has 1 aromatic carbocycles. The molecule has 1 aromatic heterocycles. The lowest BCUT2D eigenvalue weighted by molar-refractivity contribution is -0.113. The first-order valence-corrected chi connectivity index (χ1v) is 11.4. The molecule has 0 saturated heterocycles. The molecular weight excluding hydrogens is 430 g/mol. The number of nitrogens with zero attached hydrogens (tertiary/aromatic N) is 1. The van der Waals surface area contributed by atoms with Gasteiger partial charge < -0.3 is 10.5 Å². The molecule has 6 nitrogen and oxygen atoms in total. The monoisotopic (exact) mass is 457 g/mol. The van der Waals surface area contributed by atoms with Crippen molar-refractivity contribution in [3.63, 3.8) is 0 Å². The largest absolute Gasteiger partial charge is 0.466 e. The average molecular weight is 458 g/mol. The van der Waals surface area contributed by atoms with Crippen LogP contribution < -0.4 is 11.1 Å². The number of nitrogens with one attached hydrogen (secondary N) is 1. The molecule has 0 radical (unpaired) electrons. The molecule has 0 atom stereocenters. The number of carbonyl (C=O) groups excluding carboxylic acids is 2. The zero-order valence-corrected chi connectivity index (χ0v) is 19.7. The van der Waals surface area contributed by atoms with Crippen molar-refractivity contribution in [2.24, 2.45) is 11.1 Å². The lowest BCUT2D eigenvalue weighted by Gasteiger charge is -2.23. The standard InChI is InChI=1S/C23H27N3O3S2/c1-6-18(23(3,4)5)29-15(2)14-30-20-13-25-22(31-20)26-21(28)17-9-7-8-16(12-17)10-11-19(24)27/h6-13H,2,14H2,1,3-5H3,(H2,24,27)(H,25,26,28)/b11-10+,18-6-. The van der Waals surface area contributed by atoms with Gasteiger partial charge in [-0.05, 0) is 36.8 Å². The van der Waals surface area contributed by atoms with E-state index in [-0.39, 0.29) is 11.3 Å². The molecule has 0 aliphatic carbocycles. The number of hydrogen-bond donors (Lipinski definition) is 2. The van der Waals surface area contributed by atoms with Crippen LogP contribution in [0.5, 0.6) is 0 Å². The summed E-state index contributed by atoms with van der Waals surface area (Å²) in [6.45, 7) is 12.2. The third-order valence-corrected chi connectivity index (χ3v) is 6.09. The summed E-state index contributed by atoms with van der Waals surface area (Å²) in [5.74, 6) is 1.29. The number of rotatable bonds is 9. The lowest BCUT2D eigenvalue weighted by atomic mass is 9.93. The maximum atomic E-state index is 12.5. The van der Waals surface area contributed by atoms with Crippen LogP contribution in [0.1, 0.15) is 43.6 Å². The highest BCUT2D eigenvalue weighted by Crippen LogP contribution is 2.32. The Morgan fingerprint density at radius 2 is 2.10 bits per heavy atom. The van der Waals surface area contributed by atoms with Crippen LogP contribution in [0.2, 0.25) is 0 Å². The number of benzene rings is 1. The molecule has 0 spiro atoms. The topological polar surface area (TPSA) is 94.3 Å². The Balaban J connectivity index is 1.93. The minimum atomic E-state index is -0.545. The van der Waals surface area contributed by atoms with Crippen LogP contribution in [-0.2, 0) is 9.53 Å². The van der Waals surface area contributed by atoms with Crippen molar-refractivity contribution in [1.29, 1.82) is 0 Å². The third-order valence-electron chi connectivity index (χ3n) is 3.92. The number of primary amides is 1. The number of anilines is 1. The minimum absolute atomic E-state index is 0.0861. The Bertz CT molecular complexity index is 1020. The molecule has 2 rings (SSSR count). The molecule has 1 heterocycles.